The maximum Gasteiger partial charge on any atom is 0.0646 e. The first-order valence-corrected chi connectivity index (χ1v) is 5.47. The zero-order valence-electron chi connectivity index (χ0n) is 6.84. The van der Waals surface area contributed by atoms with E-state index in [2.05, 4.69) is 0 Å². The molecule has 0 bridgehead atoms. The Balaban J connectivity index is 2.63. The van der Waals surface area contributed by atoms with Crippen LogP contribution in [-0.2, 0) is 0 Å². The lowest BCUT2D eigenvalue weighted by Crippen LogP contribution is -1.85. The van der Waals surface area contributed by atoms with Gasteiger partial charge in [-0.15, -0.1) is 11.8 Å². The van der Waals surface area contributed by atoms with E-state index >= 15 is 0 Å². The molecule has 4 heteroatoms. The molecule has 0 aliphatic carbocycles. The Hall–Kier alpha value is -0.310. The SMILES string of the molecule is Nc1ccc(SCC=CCl)cc1Cl. The molecule has 0 radical (unpaired) electrons. The summed E-state index contributed by atoms with van der Waals surface area (Å²) in [5.74, 6) is 0.837. The van der Waals surface area contributed by atoms with Gasteiger partial charge in [-0.25, -0.2) is 0 Å². The van der Waals surface area contributed by atoms with E-state index in [1.165, 1.54) is 5.54 Å². The van der Waals surface area contributed by atoms with Crippen LogP contribution in [0.25, 0.3) is 0 Å². The van der Waals surface area contributed by atoms with Gasteiger partial charge in [0.15, 0.2) is 0 Å². The van der Waals surface area contributed by atoms with Crippen molar-refractivity contribution in [2.75, 3.05) is 11.5 Å². The predicted octanol–water partition coefficient (Wildman–Crippen LogP) is 3.77. The molecular formula is C9H9Cl2NS. The highest BCUT2D eigenvalue weighted by Gasteiger charge is 1.97. The Morgan fingerprint density at radius 3 is 2.85 bits per heavy atom. The summed E-state index contributed by atoms with van der Waals surface area (Å²) in [6.07, 6.45) is 1.87. The molecular weight excluding hydrogens is 225 g/mol. The Kier molecular flexibility index (Phi) is 4.50. The molecule has 1 aromatic rings. The third kappa shape index (κ3) is 3.51. The van der Waals surface area contributed by atoms with Crippen LogP contribution in [0.5, 0.6) is 0 Å². The number of nitrogen functional groups attached to an aromatic ring is 1. The van der Waals surface area contributed by atoms with E-state index < -0.39 is 0 Å². The van der Waals surface area contributed by atoms with Gasteiger partial charge in [-0.2, -0.15) is 0 Å². The van der Waals surface area contributed by atoms with Gasteiger partial charge in [-0.05, 0) is 18.2 Å². The summed E-state index contributed by atoms with van der Waals surface area (Å²) in [5, 5.41) is 0.597. The molecule has 70 valence electrons. The molecule has 0 saturated carbocycles. The number of rotatable bonds is 3. The molecule has 0 aromatic heterocycles. The average Bonchev–Trinajstić information content (AvgIpc) is 2.12. The molecule has 1 aromatic carbocycles. The zero-order chi connectivity index (χ0) is 9.68. The van der Waals surface area contributed by atoms with Crippen molar-refractivity contribution in [3.63, 3.8) is 0 Å². The van der Waals surface area contributed by atoms with Crippen molar-refractivity contribution in [2.24, 2.45) is 0 Å². The highest BCUT2D eigenvalue weighted by molar-refractivity contribution is 7.99. The van der Waals surface area contributed by atoms with Gasteiger partial charge in [0.05, 0.1) is 10.7 Å². The molecule has 0 aliphatic rings. The molecule has 0 spiro atoms. The van der Waals surface area contributed by atoms with Crippen LogP contribution < -0.4 is 5.73 Å². The number of thioether (sulfide) groups is 1. The normalized spacial score (nSPS) is 10.9. The first-order chi connectivity index (χ1) is 6.24. The second kappa shape index (κ2) is 5.43. The fraction of sp³-hybridized carbons (Fsp3) is 0.111. The van der Waals surface area contributed by atoms with Gasteiger partial charge >= 0.3 is 0 Å². The lowest BCUT2D eigenvalue weighted by molar-refractivity contribution is 1.46. The Morgan fingerprint density at radius 2 is 2.23 bits per heavy atom. The lowest BCUT2D eigenvalue weighted by atomic mass is 10.3. The maximum absolute atomic E-state index is 5.84. The largest absolute Gasteiger partial charge is 0.398 e. The van der Waals surface area contributed by atoms with Gasteiger partial charge in [0.1, 0.15) is 0 Å². The number of anilines is 1. The minimum atomic E-state index is 0.597. The van der Waals surface area contributed by atoms with Gasteiger partial charge in [-0.3, -0.25) is 0 Å². The Labute approximate surface area is 91.9 Å². The van der Waals surface area contributed by atoms with E-state index in [1.54, 1.807) is 17.8 Å². The summed E-state index contributed by atoms with van der Waals surface area (Å²) in [6.45, 7) is 0. The fourth-order valence-corrected chi connectivity index (χ4v) is 1.97. The first-order valence-electron chi connectivity index (χ1n) is 3.67. The van der Waals surface area contributed by atoms with Crippen molar-refractivity contribution in [3.8, 4) is 0 Å². The van der Waals surface area contributed by atoms with Crippen molar-refractivity contribution in [1.29, 1.82) is 0 Å². The molecule has 1 rings (SSSR count). The molecule has 0 heterocycles. The lowest BCUT2D eigenvalue weighted by Gasteiger charge is -2.01. The summed E-state index contributed by atoms with van der Waals surface area (Å²) in [6, 6.07) is 5.59. The van der Waals surface area contributed by atoms with E-state index in [4.69, 9.17) is 28.9 Å². The molecule has 13 heavy (non-hydrogen) atoms. The summed E-state index contributed by atoms with van der Waals surface area (Å²) in [7, 11) is 0. The number of hydrogen-bond acceptors (Lipinski definition) is 2. The van der Waals surface area contributed by atoms with E-state index in [9.17, 15) is 0 Å². The van der Waals surface area contributed by atoms with Crippen molar-refractivity contribution >= 4 is 40.7 Å². The summed E-state index contributed by atoms with van der Waals surface area (Å²) >= 11 is 12.9. The van der Waals surface area contributed by atoms with Gasteiger partial charge in [0.2, 0.25) is 0 Å². The maximum atomic E-state index is 5.84. The van der Waals surface area contributed by atoms with Crippen LogP contribution in [0, 0.1) is 0 Å². The standard InChI is InChI=1S/C9H9Cl2NS/c10-4-1-5-13-7-2-3-9(12)8(11)6-7/h1-4,6H,5,12H2. The number of benzene rings is 1. The van der Waals surface area contributed by atoms with Crippen LogP contribution >= 0.6 is 35.0 Å². The van der Waals surface area contributed by atoms with Crippen molar-refractivity contribution in [1.82, 2.24) is 0 Å². The molecule has 0 amide bonds. The van der Waals surface area contributed by atoms with E-state index in [0.717, 1.165) is 10.6 Å². The Bertz CT molecular complexity index is 312. The van der Waals surface area contributed by atoms with Crippen molar-refractivity contribution < 1.29 is 0 Å². The van der Waals surface area contributed by atoms with Crippen molar-refractivity contribution in [3.05, 3.63) is 34.8 Å². The van der Waals surface area contributed by atoms with Crippen molar-refractivity contribution in [2.45, 2.75) is 4.90 Å². The molecule has 0 fully saturated rings. The summed E-state index contributed by atoms with van der Waals surface area (Å²) < 4.78 is 0. The third-order valence-electron chi connectivity index (χ3n) is 1.41. The highest BCUT2D eigenvalue weighted by Crippen LogP contribution is 2.26. The van der Waals surface area contributed by atoms with E-state index in [0.29, 0.717) is 10.7 Å². The fourth-order valence-electron chi connectivity index (χ4n) is 0.778. The monoisotopic (exact) mass is 233 g/mol. The number of halogens is 2. The third-order valence-corrected chi connectivity index (χ3v) is 2.86. The molecule has 0 saturated heterocycles. The molecule has 2 N–H and O–H groups in total. The zero-order valence-corrected chi connectivity index (χ0v) is 9.16. The Morgan fingerprint density at radius 1 is 1.46 bits per heavy atom. The van der Waals surface area contributed by atoms with Crippen LogP contribution in [0.1, 0.15) is 0 Å². The number of hydrogen-bond donors (Lipinski definition) is 1. The van der Waals surface area contributed by atoms with Crippen LogP contribution in [0.4, 0.5) is 5.69 Å². The first kappa shape index (κ1) is 10.8. The predicted molar refractivity (Wildman–Crippen MR) is 61.6 cm³/mol. The molecule has 0 aliphatic heterocycles. The van der Waals surface area contributed by atoms with Gasteiger partial charge in [-0.1, -0.05) is 29.3 Å². The van der Waals surface area contributed by atoms with Gasteiger partial charge in [0, 0.05) is 16.2 Å². The number of nitrogens with two attached hydrogens (primary N) is 1. The van der Waals surface area contributed by atoms with Crippen LogP contribution in [0.15, 0.2) is 34.7 Å². The molecule has 1 nitrogen and oxygen atoms in total. The molecule has 0 unspecified atom stereocenters. The summed E-state index contributed by atoms with van der Waals surface area (Å²) in [4.78, 5) is 1.09. The second-order valence-corrected chi connectivity index (χ2v) is 4.11. The average molecular weight is 234 g/mol. The van der Waals surface area contributed by atoms with Crippen LogP contribution in [0.3, 0.4) is 0 Å². The molecule has 0 atom stereocenters. The van der Waals surface area contributed by atoms with Crippen LogP contribution in [0.2, 0.25) is 5.02 Å². The highest BCUT2D eigenvalue weighted by atomic mass is 35.5. The smallest absolute Gasteiger partial charge is 0.0646 e. The van der Waals surface area contributed by atoms with Gasteiger partial charge in [0.25, 0.3) is 0 Å². The summed E-state index contributed by atoms with van der Waals surface area (Å²) in [5.41, 5.74) is 7.68. The van der Waals surface area contributed by atoms with E-state index in [-0.39, 0.29) is 0 Å². The minimum Gasteiger partial charge on any atom is -0.398 e. The second-order valence-electron chi connectivity index (χ2n) is 2.36. The van der Waals surface area contributed by atoms with E-state index in [1.807, 2.05) is 18.2 Å². The van der Waals surface area contributed by atoms with Gasteiger partial charge < -0.3 is 5.73 Å². The topological polar surface area (TPSA) is 26.0 Å². The minimum absolute atomic E-state index is 0.597. The van der Waals surface area contributed by atoms with Crippen LogP contribution in [-0.4, -0.2) is 5.75 Å². The quantitative estimate of drug-likeness (QED) is 0.636.